The van der Waals surface area contributed by atoms with E-state index in [2.05, 4.69) is 55.3 Å². The number of hydrogen-bond donors (Lipinski definition) is 1. The van der Waals surface area contributed by atoms with Crippen molar-refractivity contribution < 1.29 is 4.79 Å². The number of nitrogens with zero attached hydrogens (tertiary/aromatic N) is 1. The predicted octanol–water partition coefficient (Wildman–Crippen LogP) is 5.33. The Balaban J connectivity index is 1.86. The molecule has 2 aromatic rings. The first-order chi connectivity index (χ1) is 12.7. The molecule has 2 aliphatic heterocycles. The number of nitrogens with one attached hydrogen (secondary N) is 1. The van der Waals surface area contributed by atoms with Gasteiger partial charge in [-0.25, -0.2) is 0 Å². The van der Waals surface area contributed by atoms with Crippen molar-refractivity contribution in [3.63, 3.8) is 0 Å². The number of benzene rings is 2. The molecular weight excluding hydrogens is 379 g/mol. The van der Waals surface area contributed by atoms with Gasteiger partial charge in [0.05, 0.1) is 0 Å². The van der Waals surface area contributed by atoms with Crippen molar-refractivity contribution in [2.75, 3.05) is 11.4 Å². The van der Waals surface area contributed by atoms with Crippen molar-refractivity contribution in [3.8, 4) is 0 Å². The van der Waals surface area contributed by atoms with Crippen LogP contribution in [0.1, 0.15) is 37.0 Å². The number of amides is 1. The Morgan fingerprint density at radius 3 is 2.67 bits per heavy atom. The average Bonchev–Trinajstić information content (AvgIpc) is 2.78. The van der Waals surface area contributed by atoms with E-state index in [4.69, 9.17) is 23.2 Å². The van der Waals surface area contributed by atoms with Crippen LogP contribution in [0.3, 0.4) is 0 Å². The Kier molecular flexibility index (Phi) is 4.28. The van der Waals surface area contributed by atoms with Gasteiger partial charge in [0.15, 0.2) is 0 Å². The van der Waals surface area contributed by atoms with Gasteiger partial charge in [-0.1, -0.05) is 66.9 Å². The molecule has 2 aliphatic rings. The summed E-state index contributed by atoms with van der Waals surface area (Å²) in [5.74, 6) is 0.0655. The van der Waals surface area contributed by atoms with Crippen LogP contribution in [0.4, 0.5) is 5.69 Å². The van der Waals surface area contributed by atoms with E-state index in [-0.39, 0.29) is 11.3 Å². The molecule has 2 heterocycles. The molecule has 0 bridgehead atoms. The number of rotatable bonds is 2. The summed E-state index contributed by atoms with van der Waals surface area (Å²) in [7, 11) is 0. The highest BCUT2D eigenvalue weighted by Crippen LogP contribution is 2.52. The van der Waals surface area contributed by atoms with Crippen molar-refractivity contribution in [2.45, 2.75) is 38.3 Å². The summed E-state index contributed by atoms with van der Waals surface area (Å²) in [6.07, 6.45) is 4.55. The van der Waals surface area contributed by atoms with Crippen LogP contribution >= 0.6 is 23.2 Å². The summed E-state index contributed by atoms with van der Waals surface area (Å²) >= 11 is 12.4. The summed E-state index contributed by atoms with van der Waals surface area (Å²) in [5.41, 5.74) is 3.57. The molecule has 1 N–H and O–H groups in total. The molecule has 0 spiro atoms. The fourth-order valence-corrected chi connectivity index (χ4v) is 4.79. The Hall–Kier alpha value is -1.97. The van der Waals surface area contributed by atoms with Gasteiger partial charge in [-0.2, -0.15) is 0 Å². The van der Waals surface area contributed by atoms with Crippen LogP contribution in [0.5, 0.6) is 0 Å². The van der Waals surface area contributed by atoms with Gasteiger partial charge in [0.2, 0.25) is 5.91 Å². The molecule has 1 saturated heterocycles. The third kappa shape index (κ3) is 2.76. The minimum Gasteiger partial charge on any atom is -0.344 e. The summed E-state index contributed by atoms with van der Waals surface area (Å²) < 4.78 is 0. The molecule has 2 aromatic carbocycles. The first kappa shape index (κ1) is 18.4. The Labute approximate surface area is 170 Å². The molecular formula is C22H22Cl2N2O. The molecule has 1 fully saturated rings. The maximum absolute atomic E-state index is 12.4. The van der Waals surface area contributed by atoms with E-state index in [9.17, 15) is 4.79 Å². The van der Waals surface area contributed by atoms with Crippen LogP contribution in [0.2, 0.25) is 10.0 Å². The predicted molar refractivity (Wildman–Crippen MR) is 113 cm³/mol. The van der Waals surface area contributed by atoms with Gasteiger partial charge >= 0.3 is 0 Å². The largest absolute Gasteiger partial charge is 0.344 e. The lowest BCUT2D eigenvalue weighted by Gasteiger charge is -2.49. The SMILES string of the molecule is Cc1ccc2c(c1)C(C)(C)[C@]1(/C=C/c3ccc(Cl)cc3Cl)NC(=O)CCN21. The molecule has 27 heavy (non-hydrogen) atoms. The summed E-state index contributed by atoms with van der Waals surface area (Å²) in [4.78, 5) is 14.7. The summed E-state index contributed by atoms with van der Waals surface area (Å²) in [6, 6.07) is 12.0. The Morgan fingerprint density at radius 1 is 1.15 bits per heavy atom. The van der Waals surface area contributed by atoms with Crippen LogP contribution < -0.4 is 10.2 Å². The lowest BCUT2D eigenvalue weighted by molar-refractivity contribution is -0.124. The minimum atomic E-state index is -0.637. The second-order valence-corrected chi connectivity index (χ2v) is 8.70. The molecule has 5 heteroatoms. The quantitative estimate of drug-likeness (QED) is 0.738. The fourth-order valence-electron chi connectivity index (χ4n) is 4.31. The topological polar surface area (TPSA) is 32.3 Å². The van der Waals surface area contributed by atoms with Crippen LogP contribution in [0, 0.1) is 6.92 Å². The maximum atomic E-state index is 12.4. The van der Waals surface area contributed by atoms with Gasteiger partial charge in [-0.15, -0.1) is 0 Å². The number of anilines is 1. The number of carbonyl (C=O) groups is 1. The van der Waals surface area contributed by atoms with Gasteiger partial charge in [0.1, 0.15) is 5.66 Å². The second kappa shape index (κ2) is 6.29. The molecule has 0 radical (unpaired) electrons. The molecule has 0 unspecified atom stereocenters. The Morgan fingerprint density at radius 2 is 1.93 bits per heavy atom. The Bertz CT molecular complexity index is 967. The first-order valence-electron chi connectivity index (χ1n) is 9.09. The van der Waals surface area contributed by atoms with E-state index in [0.717, 1.165) is 5.56 Å². The zero-order chi connectivity index (χ0) is 19.4. The highest BCUT2D eigenvalue weighted by Gasteiger charge is 2.57. The number of carbonyl (C=O) groups excluding carboxylic acids is 1. The molecule has 140 valence electrons. The zero-order valence-electron chi connectivity index (χ0n) is 15.6. The molecule has 0 aliphatic carbocycles. The van der Waals surface area contributed by atoms with E-state index >= 15 is 0 Å². The van der Waals surface area contributed by atoms with Crippen LogP contribution in [0.15, 0.2) is 42.5 Å². The number of hydrogen-bond acceptors (Lipinski definition) is 2. The second-order valence-electron chi connectivity index (χ2n) is 7.86. The maximum Gasteiger partial charge on any atom is 0.223 e. The lowest BCUT2D eigenvalue weighted by Crippen LogP contribution is -2.68. The third-order valence-electron chi connectivity index (χ3n) is 5.85. The monoisotopic (exact) mass is 400 g/mol. The minimum absolute atomic E-state index is 0.0655. The molecule has 0 aromatic heterocycles. The number of halogens is 2. The van der Waals surface area contributed by atoms with Crippen molar-refractivity contribution in [2.24, 2.45) is 0 Å². The summed E-state index contributed by atoms with van der Waals surface area (Å²) in [5, 5.41) is 4.48. The van der Waals surface area contributed by atoms with Gasteiger partial charge < -0.3 is 10.2 Å². The zero-order valence-corrected chi connectivity index (χ0v) is 17.2. The number of aryl methyl sites for hydroxylation is 1. The molecule has 1 atom stereocenters. The molecule has 3 nitrogen and oxygen atoms in total. The smallest absolute Gasteiger partial charge is 0.223 e. The lowest BCUT2D eigenvalue weighted by atomic mass is 9.74. The average molecular weight is 401 g/mol. The van der Waals surface area contributed by atoms with E-state index in [1.807, 2.05) is 18.2 Å². The number of fused-ring (bicyclic) bond motifs is 3. The fraction of sp³-hybridized carbons (Fsp3) is 0.318. The van der Waals surface area contributed by atoms with Crippen molar-refractivity contribution >= 4 is 40.9 Å². The van der Waals surface area contributed by atoms with Crippen LogP contribution in [-0.4, -0.2) is 18.1 Å². The highest BCUT2D eigenvalue weighted by atomic mass is 35.5. The van der Waals surface area contributed by atoms with Crippen LogP contribution in [0.25, 0.3) is 6.08 Å². The van der Waals surface area contributed by atoms with Crippen molar-refractivity contribution in [3.05, 3.63) is 69.2 Å². The molecule has 1 amide bonds. The highest BCUT2D eigenvalue weighted by molar-refractivity contribution is 6.35. The van der Waals surface area contributed by atoms with E-state index < -0.39 is 5.66 Å². The van der Waals surface area contributed by atoms with Gasteiger partial charge in [-0.3, -0.25) is 4.79 Å². The van der Waals surface area contributed by atoms with Crippen molar-refractivity contribution in [1.29, 1.82) is 0 Å². The third-order valence-corrected chi connectivity index (χ3v) is 6.42. The van der Waals surface area contributed by atoms with E-state index in [0.29, 0.717) is 23.0 Å². The standard InChI is InChI=1S/C22H22Cl2N2O/c1-14-4-7-19-17(12-14)21(2,3)22(25-20(27)9-11-26(19)22)10-8-15-5-6-16(23)13-18(15)24/h4-8,10,12-13H,9,11H2,1-3H3,(H,25,27)/b10-8+/t22-/m1/s1. The van der Waals surface area contributed by atoms with E-state index in [1.54, 1.807) is 6.07 Å². The molecule has 0 saturated carbocycles. The summed E-state index contributed by atoms with van der Waals surface area (Å²) in [6.45, 7) is 7.15. The first-order valence-corrected chi connectivity index (χ1v) is 9.84. The van der Waals surface area contributed by atoms with Crippen LogP contribution in [-0.2, 0) is 10.2 Å². The van der Waals surface area contributed by atoms with Gasteiger partial charge in [0.25, 0.3) is 0 Å². The van der Waals surface area contributed by atoms with Crippen molar-refractivity contribution in [1.82, 2.24) is 5.32 Å². The van der Waals surface area contributed by atoms with Gasteiger partial charge in [-0.05, 0) is 42.3 Å². The van der Waals surface area contributed by atoms with Gasteiger partial charge in [0, 0.05) is 34.1 Å². The normalized spacial score (nSPS) is 23.3. The molecule has 4 rings (SSSR count). The van der Waals surface area contributed by atoms with E-state index in [1.165, 1.54) is 16.8 Å².